The summed E-state index contributed by atoms with van der Waals surface area (Å²) in [6.45, 7) is 1.91. The fraction of sp³-hybridized carbons (Fsp3) is 0.231. The summed E-state index contributed by atoms with van der Waals surface area (Å²) < 4.78 is 5.30. The molecule has 2 N–H and O–H groups in total. The van der Waals surface area contributed by atoms with Gasteiger partial charge >= 0.3 is 0 Å². The molecule has 1 heterocycles. The highest BCUT2D eigenvalue weighted by Crippen LogP contribution is 2.34. The van der Waals surface area contributed by atoms with Crippen molar-refractivity contribution >= 4 is 40.7 Å². The number of anilines is 3. The summed E-state index contributed by atoms with van der Waals surface area (Å²) >= 11 is 12.2. The largest absolute Gasteiger partial charge is 0.495 e. The molecule has 20 heavy (non-hydrogen) atoms. The fourth-order valence-electron chi connectivity index (χ4n) is 1.63. The maximum atomic E-state index is 6.09. The molecule has 0 aliphatic carbocycles. The van der Waals surface area contributed by atoms with Gasteiger partial charge in [-0.25, -0.2) is 4.98 Å². The van der Waals surface area contributed by atoms with E-state index >= 15 is 0 Å². The van der Waals surface area contributed by atoms with Crippen LogP contribution in [0.2, 0.25) is 10.0 Å². The van der Waals surface area contributed by atoms with Gasteiger partial charge < -0.3 is 15.4 Å². The van der Waals surface area contributed by atoms with E-state index in [0.29, 0.717) is 27.6 Å². The third-order valence-corrected chi connectivity index (χ3v) is 3.39. The second-order valence-corrected chi connectivity index (χ2v) is 4.88. The van der Waals surface area contributed by atoms with Crippen LogP contribution in [-0.2, 0) is 0 Å². The van der Waals surface area contributed by atoms with Gasteiger partial charge in [-0.2, -0.15) is 4.98 Å². The van der Waals surface area contributed by atoms with Crippen LogP contribution in [0.15, 0.2) is 18.3 Å². The van der Waals surface area contributed by atoms with Crippen LogP contribution in [0.25, 0.3) is 0 Å². The molecular formula is C13H14Cl2N4O. The molecule has 2 rings (SSSR count). The quantitative estimate of drug-likeness (QED) is 0.897. The van der Waals surface area contributed by atoms with Crippen molar-refractivity contribution in [2.75, 3.05) is 24.8 Å². The lowest BCUT2D eigenvalue weighted by Gasteiger charge is -2.13. The predicted molar refractivity (Wildman–Crippen MR) is 82.6 cm³/mol. The Bertz CT molecular complexity index is 634. The van der Waals surface area contributed by atoms with Gasteiger partial charge in [0.2, 0.25) is 5.95 Å². The Morgan fingerprint density at radius 1 is 1.20 bits per heavy atom. The normalized spacial score (nSPS) is 10.2. The van der Waals surface area contributed by atoms with Crippen molar-refractivity contribution in [1.82, 2.24) is 9.97 Å². The SMILES string of the molecule is CNc1ncc(Cl)c(Nc2cc(C)c(Cl)cc2OC)n1. The fourth-order valence-corrected chi connectivity index (χ4v) is 1.92. The highest BCUT2D eigenvalue weighted by molar-refractivity contribution is 6.33. The van der Waals surface area contributed by atoms with Crippen molar-refractivity contribution in [1.29, 1.82) is 0 Å². The number of benzene rings is 1. The number of halogens is 2. The van der Waals surface area contributed by atoms with Gasteiger partial charge in [-0.3, -0.25) is 0 Å². The standard InChI is InChI=1S/C13H14Cl2N4O/c1-7-4-10(11(20-3)5-8(7)14)18-12-9(15)6-17-13(16-2)19-12/h4-6H,1-3H3,(H2,16,17,18,19). The van der Waals surface area contributed by atoms with E-state index in [2.05, 4.69) is 20.6 Å². The molecule has 106 valence electrons. The van der Waals surface area contributed by atoms with Crippen molar-refractivity contribution in [3.63, 3.8) is 0 Å². The van der Waals surface area contributed by atoms with Crippen molar-refractivity contribution in [3.05, 3.63) is 33.9 Å². The maximum absolute atomic E-state index is 6.09. The summed E-state index contributed by atoms with van der Waals surface area (Å²) in [5.41, 5.74) is 1.66. The van der Waals surface area contributed by atoms with Crippen LogP contribution in [0.4, 0.5) is 17.5 Å². The highest BCUT2D eigenvalue weighted by Gasteiger charge is 2.11. The third kappa shape index (κ3) is 3.05. The minimum atomic E-state index is 0.415. The van der Waals surface area contributed by atoms with Crippen molar-refractivity contribution < 1.29 is 4.74 Å². The van der Waals surface area contributed by atoms with Crippen LogP contribution in [-0.4, -0.2) is 24.1 Å². The second-order valence-electron chi connectivity index (χ2n) is 4.07. The number of ether oxygens (including phenoxy) is 1. The molecule has 0 radical (unpaired) electrons. The van der Waals surface area contributed by atoms with Gasteiger partial charge in [0.25, 0.3) is 0 Å². The molecule has 1 aromatic heterocycles. The molecule has 7 heteroatoms. The molecule has 5 nitrogen and oxygen atoms in total. The molecule has 0 atom stereocenters. The molecule has 0 fully saturated rings. The predicted octanol–water partition coefficient (Wildman–Crippen LogP) is 3.89. The Morgan fingerprint density at radius 3 is 2.60 bits per heavy atom. The lowest BCUT2D eigenvalue weighted by atomic mass is 10.2. The van der Waals surface area contributed by atoms with E-state index in [1.54, 1.807) is 20.2 Å². The number of aryl methyl sites for hydroxylation is 1. The topological polar surface area (TPSA) is 59.1 Å². The van der Waals surface area contributed by atoms with Crippen LogP contribution in [0.3, 0.4) is 0 Å². The summed E-state index contributed by atoms with van der Waals surface area (Å²) in [7, 11) is 3.31. The molecule has 0 bridgehead atoms. The number of rotatable bonds is 4. The highest BCUT2D eigenvalue weighted by atomic mass is 35.5. The second kappa shape index (κ2) is 6.15. The number of hydrogen-bond donors (Lipinski definition) is 2. The van der Waals surface area contributed by atoms with Crippen molar-refractivity contribution in [3.8, 4) is 5.75 Å². The van der Waals surface area contributed by atoms with E-state index in [1.807, 2.05) is 13.0 Å². The van der Waals surface area contributed by atoms with Gasteiger partial charge in [0.05, 0.1) is 19.0 Å². The summed E-state index contributed by atoms with van der Waals surface area (Å²) in [5, 5.41) is 7.04. The summed E-state index contributed by atoms with van der Waals surface area (Å²) in [6.07, 6.45) is 1.53. The van der Waals surface area contributed by atoms with Gasteiger partial charge in [-0.1, -0.05) is 23.2 Å². The molecule has 0 saturated carbocycles. The van der Waals surface area contributed by atoms with Crippen LogP contribution in [0.5, 0.6) is 5.75 Å². The number of nitrogens with one attached hydrogen (secondary N) is 2. The number of methoxy groups -OCH3 is 1. The van der Waals surface area contributed by atoms with E-state index in [0.717, 1.165) is 11.3 Å². The first-order chi connectivity index (χ1) is 9.55. The first-order valence-electron chi connectivity index (χ1n) is 5.86. The van der Waals surface area contributed by atoms with E-state index < -0.39 is 0 Å². The zero-order chi connectivity index (χ0) is 14.7. The number of hydrogen-bond acceptors (Lipinski definition) is 5. The number of nitrogens with zero attached hydrogens (tertiary/aromatic N) is 2. The Labute approximate surface area is 127 Å². The first-order valence-corrected chi connectivity index (χ1v) is 6.62. The van der Waals surface area contributed by atoms with Gasteiger partial charge in [-0.15, -0.1) is 0 Å². The van der Waals surface area contributed by atoms with E-state index in [9.17, 15) is 0 Å². The van der Waals surface area contributed by atoms with Gasteiger partial charge in [-0.05, 0) is 18.6 Å². The van der Waals surface area contributed by atoms with E-state index in [-0.39, 0.29) is 0 Å². The zero-order valence-corrected chi connectivity index (χ0v) is 12.8. The van der Waals surface area contributed by atoms with Crippen LogP contribution in [0, 0.1) is 6.92 Å². The molecule has 0 unspecified atom stereocenters. The van der Waals surface area contributed by atoms with Gasteiger partial charge in [0.1, 0.15) is 10.8 Å². The minimum Gasteiger partial charge on any atom is -0.495 e. The van der Waals surface area contributed by atoms with Crippen LogP contribution >= 0.6 is 23.2 Å². The lowest BCUT2D eigenvalue weighted by molar-refractivity contribution is 0.416. The summed E-state index contributed by atoms with van der Waals surface area (Å²) in [5.74, 6) is 1.58. The van der Waals surface area contributed by atoms with Gasteiger partial charge in [0, 0.05) is 18.1 Å². The van der Waals surface area contributed by atoms with Crippen molar-refractivity contribution in [2.45, 2.75) is 6.92 Å². The van der Waals surface area contributed by atoms with E-state index in [4.69, 9.17) is 27.9 Å². The summed E-state index contributed by atoms with van der Waals surface area (Å²) in [4.78, 5) is 8.29. The Balaban J connectivity index is 2.41. The summed E-state index contributed by atoms with van der Waals surface area (Å²) in [6, 6.07) is 3.62. The molecular weight excluding hydrogens is 299 g/mol. The minimum absolute atomic E-state index is 0.415. The molecule has 0 spiro atoms. The number of aromatic nitrogens is 2. The Kier molecular flexibility index (Phi) is 4.52. The lowest BCUT2D eigenvalue weighted by Crippen LogP contribution is -2.02. The Morgan fingerprint density at radius 2 is 1.95 bits per heavy atom. The average molecular weight is 313 g/mol. The average Bonchev–Trinajstić information content (AvgIpc) is 2.44. The van der Waals surface area contributed by atoms with E-state index in [1.165, 1.54) is 6.20 Å². The Hall–Kier alpha value is -1.72. The molecule has 0 saturated heterocycles. The van der Waals surface area contributed by atoms with Gasteiger partial charge in [0.15, 0.2) is 5.82 Å². The molecule has 0 aliphatic rings. The molecule has 2 aromatic rings. The van der Waals surface area contributed by atoms with Crippen LogP contribution in [0.1, 0.15) is 5.56 Å². The van der Waals surface area contributed by atoms with Crippen molar-refractivity contribution in [2.24, 2.45) is 0 Å². The smallest absolute Gasteiger partial charge is 0.224 e. The maximum Gasteiger partial charge on any atom is 0.224 e. The molecule has 0 amide bonds. The van der Waals surface area contributed by atoms with Crippen LogP contribution < -0.4 is 15.4 Å². The monoisotopic (exact) mass is 312 g/mol. The zero-order valence-electron chi connectivity index (χ0n) is 11.3. The molecule has 0 aliphatic heterocycles. The molecule has 1 aromatic carbocycles. The first kappa shape index (κ1) is 14.7. The third-order valence-electron chi connectivity index (χ3n) is 2.70.